The standard InChI is InChI=1S/C21H18N4O5S/c1-13(23-20-15-6-2-3-10-18(15)31(28,29)25-20)21(27)30-12-19(26)24-17-9-4-8-16-14(17)7-5-11-22-16/h2-11,13H,12H2,1H3,(H,23,25)(H,24,26)/t13-/m0/s1. The minimum atomic E-state index is -3.71. The predicted molar refractivity (Wildman–Crippen MR) is 114 cm³/mol. The number of aromatic nitrogens is 1. The first-order valence-corrected chi connectivity index (χ1v) is 10.8. The lowest BCUT2D eigenvalue weighted by Gasteiger charge is -2.11. The number of rotatable bonds is 5. The van der Waals surface area contributed by atoms with Crippen LogP contribution in [0, 0.1) is 0 Å². The van der Waals surface area contributed by atoms with Gasteiger partial charge in [-0.3, -0.25) is 19.5 Å². The first kappa shape index (κ1) is 20.5. The Hall–Kier alpha value is -3.79. The number of nitrogens with one attached hydrogen (secondary N) is 2. The van der Waals surface area contributed by atoms with Crippen molar-refractivity contribution in [2.24, 2.45) is 4.99 Å². The number of aliphatic imine (C=N–C) groups is 1. The lowest BCUT2D eigenvalue weighted by Crippen LogP contribution is -2.28. The van der Waals surface area contributed by atoms with Crippen LogP contribution in [-0.2, 0) is 24.3 Å². The van der Waals surface area contributed by atoms with Crippen molar-refractivity contribution in [3.05, 3.63) is 66.4 Å². The zero-order valence-electron chi connectivity index (χ0n) is 16.4. The van der Waals surface area contributed by atoms with Crippen molar-refractivity contribution in [2.45, 2.75) is 17.9 Å². The van der Waals surface area contributed by atoms with Crippen LogP contribution in [0.25, 0.3) is 10.9 Å². The van der Waals surface area contributed by atoms with Gasteiger partial charge >= 0.3 is 5.97 Å². The second kappa shape index (κ2) is 8.15. The van der Waals surface area contributed by atoms with Crippen molar-refractivity contribution in [3.63, 3.8) is 0 Å². The van der Waals surface area contributed by atoms with E-state index in [4.69, 9.17) is 4.74 Å². The van der Waals surface area contributed by atoms with Crippen LogP contribution in [0.4, 0.5) is 5.69 Å². The van der Waals surface area contributed by atoms with Gasteiger partial charge in [-0.2, -0.15) is 0 Å². The summed E-state index contributed by atoms with van der Waals surface area (Å²) in [6.45, 7) is 0.950. The molecule has 1 aliphatic heterocycles. The normalized spacial score (nSPS) is 16.4. The summed E-state index contributed by atoms with van der Waals surface area (Å²) in [4.78, 5) is 33.0. The zero-order valence-corrected chi connectivity index (χ0v) is 17.2. The maximum atomic E-state index is 12.3. The van der Waals surface area contributed by atoms with Crippen molar-refractivity contribution < 1.29 is 22.7 Å². The molecule has 10 heteroatoms. The van der Waals surface area contributed by atoms with Crippen LogP contribution in [0.15, 0.2) is 70.7 Å². The molecule has 0 aliphatic carbocycles. The molecule has 2 aromatic carbocycles. The van der Waals surface area contributed by atoms with Crippen molar-refractivity contribution in [3.8, 4) is 0 Å². The third kappa shape index (κ3) is 4.24. The van der Waals surface area contributed by atoms with E-state index in [1.165, 1.54) is 13.0 Å². The first-order valence-electron chi connectivity index (χ1n) is 9.35. The Morgan fingerprint density at radius 1 is 1.13 bits per heavy atom. The van der Waals surface area contributed by atoms with E-state index >= 15 is 0 Å². The smallest absolute Gasteiger partial charge is 0.331 e. The van der Waals surface area contributed by atoms with E-state index in [1.807, 2.05) is 12.1 Å². The minimum Gasteiger partial charge on any atom is -0.454 e. The van der Waals surface area contributed by atoms with Gasteiger partial charge in [0.2, 0.25) is 0 Å². The van der Waals surface area contributed by atoms with Crippen LogP contribution < -0.4 is 10.0 Å². The Balaban J connectivity index is 1.40. The molecular weight excluding hydrogens is 420 g/mol. The van der Waals surface area contributed by atoms with Gasteiger partial charge in [-0.15, -0.1) is 0 Å². The van der Waals surface area contributed by atoms with Gasteiger partial charge in [0.05, 0.1) is 16.1 Å². The quantitative estimate of drug-likeness (QED) is 0.586. The number of anilines is 1. The summed E-state index contributed by atoms with van der Waals surface area (Å²) in [5.74, 6) is -1.21. The van der Waals surface area contributed by atoms with Crippen molar-refractivity contribution in [1.82, 2.24) is 9.71 Å². The second-order valence-electron chi connectivity index (χ2n) is 6.79. The highest BCUT2D eigenvalue weighted by Crippen LogP contribution is 2.23. The summed E-state index contributed by atoms with van der Waals surface area (Å²) in [5.41, 5.74) is 1.66. The maximum absolute atomic E-state index is 12.3. The number of sulfonamides is 1. The summed E-state index contributed by atoms with van der Waals surface area (Å²) in [6.07, 6.45) is 1.65. The number of pyridine rings is 1. The lowest BCUT2D eigenvalue weighted by molar-refractivity contribution is -0.148. The number of carbonyl (C=O) groups is 2. The molecular formula is C21H18N4O5S. The van der Waals surface area contributed by atoms with Crippen LogP contribution in [0.5, 0.6) is 0 Å². The monoisotopic (exact) mass is 438 g/mol. The molecule has 1 aliphatic rings. The molecule has 0 unspecified atom stereocenters. The second-order valence-corrected chi connectivity index (χ2v) is 8.44. The van der Waals surface area contributed by atoms with Crippen LogP contribution in [0.1, 0.15) is 12.5 Å². The predicted octanol–water partition coefficient (Wildman–Crippen LogP) is 1.84. The molecule has 31 heavy (non-hydrogen) atoms. The average molecular weight is 438 g/mol. The van der Waals surface area contributed by atoms with E-state index in [9.17, 15) is 18.0 Å². The van der Waals surface area contributed by atoms with Crippen LogP contribution in [-0.4, -0.2) is 43.8 Å². The number of hydrogen-bond donors (Lipinski definition) is 2. The molecule has 0 saturated heterocycles. The average Bonchev–Trinajstić information content (AvgIpc) is 3.02. The molecule has 4 rings (SSSR count). The number of nitrogens with zero attached hydrogens (tertiary/aromatic N) is 2. The molecule has 1 amide bonds. The van der Waals surface area contributed by atoms with Gasteiger partial charge in [-0.25, -0.2) is 13.2 Å². The fourth-order valence-corrected chi connectivity index (χ4v) is 4.37. The van der Waals surface area contributed by atoms with Gasteiger partial charge in [0.1, 0.15) is 11.9 Å². The van der Waals surface area contributed by atoms with Crippen LogP contribution in [0.3, 0.4) is 0 Å². The highest BCUT2D eigenvalue weighted by Gasteiger charge is 2.31. The molecule has 2 N–H and O–H groups in total. The van der Waals surface area contributed by atoms with Crippen molar-refractivity contribution in [1.29, 1.82) is 0 Å². The molecule has 1 atom stereocenters. The third-order valence-corrected chi connectivity index (χ3v) is 5.99. The molecule has 3 aromatic rings. The van der Waals surface area contributed by atoms with Gasteiger partial charge in [0.15, 0.2) is 6.61 Å². The van der Waals surface area contributed by atoms with E-state index in [0.29, 0.717) is 11.3 Å². The highest BCUT2D eigenvalue weighted by molar-refractivity contribution is 7.90. The molecule has 0 saturated carbocycles. The molecule has 0 fully saturated rings. The van der Waals surface area contributed by atoms with Crippen LogP contribution in [0.2, 0.25) is 0 Å². The summed E-state index contributed by atoms with van der Waals surface area (Å²) in [5, 5.41) is 3.45. The van der Waals surface area contributed by atoms with Gasteiger partial charge in [-0.1, -0.05) is 18.2 Å². The van der Waals surface area contributed by atoms with E-state index in [1.54, 1.807) is 42.6 Å². The van der Waals surface area contributed by atoms with E-state index < -0.39 is 34.5 Å². The van der Waals surface area contributed by atoms with Crippen LogP contribution >= 0.6 is 0 Å². The summed E-state index contributed by atoms with van der Waals surface area (Å²) < 4.78 is 31.6. The van der Waals surface area contributed by atoms with Crippen molar-refractivity contribution >= 4 is 44.3 Å². The number of ether oxygens (including phenoxy) is 1. The number of fused-ring (bicyclic) bond motifs is 2. The fraction of sp³-hybridized carbons (Fsp3) is 0.143. The summed E-state index contributed by atoms with van der Waals surface area (Å²) >= 11 is 0. The third-order valence-electron chi connectivity index (χ3n) is 4.59. The Labute approximate surface area is 178 Å². The molecule has 1 aromatic heterocycles. The number of carbonyl (C=O) groups excluding carboxylic acids is 2. The highest BCUT2D eigenvalue weighted by atomic mass is 32.2. The largest absolute Gasteiger partial charge is 0.454 e. The molecule has 0 radical (unpaired) electrons. The Bertz CT molecular complexity index is 1310. The molecule has 9 nitrogen and oxygen atoms in total. The maximum Gasteiger partial charge on any atom is 0.331 e. The lowest BCUT2D eigenvalue weighted by atomic mass is 10.2. The number of benzene rings is 2. The SMILES string of the molecule is C[C@H](N=C1NS(=O)(=O)c2ccccc21)C(=O)OCC(=O)Nc1cccc2ncccc12. The summed E-state index contributed by atoms with van der Waals surface area (Å²) in [6, 6.07) is 14.2. The number of esters is 1. The Morgan fingerprint density at radius 2 is 1.94 bits per heavy atom. The number of amidine groups is 1. The van der Waals surface area contributed by atoms with Gasteiger partial charge in [-0.05, 0) is 43.3 Å². The van der Waals surface area contributed by atoms with Gasteiger partial charge in [0.25, 0.3) is 15.9 Å². The van der Waals surface area contributed by atoms with E-state index in [2.05, 4.69) is 20.0 Å². The van der Waals surface area contributed by atoms with Crippen molar-refractivity contribution in [2.75, 3.05) is 11.9 Å². The topological polar surface area (TPSA) is 127 Å². The van der Waals surface area contributed by atoms with Gasteiger partial charge < -0.3 is 10.1 Å². The molecule has 158 valence electrons. The number of hydrogen-bond acceptors (Lipinski definition) is 7. The molecule has 0 bridgehead atoms. The van der Waals surface area contributed by atoms with E-state index in [-0.39, 0.29) is 10.7 Å². The summed E-state index contributed by atoms with van der Waals surface area (Å²) in [7, 11) is -3.71. The molecule has 0 spiro atoms. The Kier molecular flexibility index (Phi) is 5.38. The first-order chi connectivity index (χ1) is 14.8. The fourth-order valence-electron chi connectivity index (χ4n) is 3.13. The zero-order chi connectivity index (χ0) is 22.0. The minimum absolute atomic E-state index is 0.0627. The number of amides is 1. The van der Waals surface area contributed by atoms with Gasteiger partial charge in [0, 0.05) is 17.1 Å². The van der Waals surface area contributed by atoms with E-state index in [0.717, 1.165) is 10.9 Å². The molecule has 2 heterocycles. The Morgan fingerprint density at radius 3 is 2.77 bits per heavy atom.